The predicted molar refractivity (Wildman–Crippen MR) is 127 cm³/mol. The van der Waals surface area contributed by atoms with E-state index in [9.17, 15) is 9.59 Å². The third-order valence-electron chi connectivity index (χ3n) is 6.32. The lowest BCUT2D eigenvalue weighted by molar-refractivity contribution is -0.293. The van der Waals surface area contributed by atoms with Crippen LogP contribution < -0.4 is 0 Å². The highest BCUT2D eigenvalue weighted by Gasteiger charge is 2.50. The van der Waals surface area contributed by atoms with E-state index in [-0.39, 0.29) is 6.61 Å². The monoisotopic (exact) mass is 474 g/mol. The maximum Gasteiger partial charge on any atom is 0.339 e. The highest BCUT2D eigenvalue weighted by Crippen LogP contribution is 2.35. The lowest BCUT2D eigenvalue weighted by Gasteiger charge is -2.44. The minimum absolute atomic E-state index is 0.269. The van der Waals surface area contributed by atoms with Crippen LogP contribution >= 0.6 is 0 Å². The lowest BCUT2D eigenvalue weighted by atomic mass is 9.94. The summed E-state index contributed by atoms with van der Waals surface area (Å²) in [6.45, 7) is 2.08. The fraction of sp³-hybridized carbons (Fsp3) is 0.286. The molecule has 1 fully saturated rings. The molecule has 2 aliphatic rings. The van der Waals surface area contributed by atoms with Crippen LogP contribution in [0.4, 0.5) is 0 Å². The summed E-state index contributed by atoms with van der Waals surface area (Å²) in [5.74, 6) is -1.11. The molecule has 7 nitrogen and oxygen atoms in total. The van der Waals surface area contributed by atoms with Crippen molar-refractivity contribution in [2.75, 3.05) is 7.11 Å². The Morgan fingerprint density at radius 3 is 1.80 bits per heavy atom. The van der Waals surface area contributed by atoms with E-state index in [2.05, 4.69) is 0 Å². The number of hydrogen-bond acceptors (Lipinski definition) is 7. The Hall–Kier alpha value is -3.52. The molecule has 35 heavy (non-hydrogen) atoms. The molecular weight excluding hydrogens is 448 g/mol. The van der Waals surface area contributed by atoms with E-state index in [0.29, 0.717) is 22.3 Å². The van der Waals surface area contributed by atoms with Gasteiger partial charge in [-0.15, -0.1) is 0 Å². The molecule has 7 heteroatoms. The van der Waals surface area contributed by atoms with Gasteiger partial charge in [0.15, 0.2) is 18.5 Å². The average Bonchev–Trinajstić information content (AvgIpc) is 2.89. The van der Waals surface area contributed by atoms with Crippen LogP contribution in [0.15, 0.2) is 78.9 Å². The van der Waals surface area contributed by atoms with Gasteiger partial charge in [-0.3, -0.25) is 0 Å². The molecule has 2 heterocycles. The van der Waals surface area contributed by atoms with Crippen molar-refractivity contribution >= 4 is 11.9 Å². The van der Waals surface area contributed by atoms with Crippen molar-refractivity contribution in [2.45, 2.75) is 44.2 Å². The Kier molecular flexibility index (Phi) is 6.63. The summed E-state index contributed by atoms with van der Waals surface area (Å²) in [6.07, 6.45) is -4.13. The van der Waals surface area contributed by atoms with Gasteiger partial charge in [-0.2, -0.15) is 0 Å². The number of esters is 2. The van der Waals surface area contributed by atoms with Crippen LogP contribution in [0.5, 0.6) is 0 Å². The van der Waals surface area contributed by atoms with Crippen molar-refractivity contribution in [1.82, 2.24) is 0 Å². The van der Waals surface area contributed by atoms with Gasteiger partial charge in [0.25, 0.3) is 0 Å². The van der Waals surface area contributed by atoms with E-state index < -0.39 is 42.6 Å². The fourth-order valence-corrected chi connectivity index (χ4v) is 4.58. The van der Waals surface area contributed by atoms with Crippen LogP contribution in [0, 0.1) is 0 Å². The molecule has 3 aromatic rings. The van der Waals surface area contributed by atoms with Gasteiger partial charge in [-0.05, 0) is 35.7 Å². The first-order valence-electron chi connectivity index (χ1n) is 11.5. The van der Waals surface area contributed by atoms with Gasteiger partial charge in [-0.25, -0.2) is 9.59 Å². The zero-order valence-electron chi connectivity index (χ0n) is 19.5. The minimum Gasteiger partial charge on any atom is -0.452 e. The summed E-state index contributed by atoms with van der Waals surface area (Å²) in [6, 6.07) is 23.7. The number of methoxy groups -OCH3 is 1. The van der Waals surface area contributed by atoms with E-state index >= 15 is 0 Å². The molecule has 2 aliphatic heterocycles. The molecule has 5 rings (SSSR count). The van der Waals surface area contributed by atoms with Gasteiger partial charge in [0.2, 0.25) is 0 Å². The maximum atomic E-state index is 13.5. The SMILES string of the molecule is CO[C@@H]1O[C@@H](C)[C@H](OCc2ccccc2)[C@H]2OC(=O)c3ccccc3-c3ccccc3C(=O)O[C@@H]12. The van der Waals surface area contributed by atoms with Gasteiger partial charge in [0, 0.05) is 7.11 Å². The number of ether oxygens (including phenoxy) is 5. The molecule has 0 bridgehead atoms. The second-order valence-electron chi connectivity index (χ2n) is 8.54. The van der Waals surface area contributed by atoms with Crippen molar-refractivity contribution in [1.29, 1.82) is 0 Å². The second-order valence-corrected chi connectivity index (χ2v) is 8.54. The second kappa shape index (κ2) is 10.00. The molecule has 0 N–H and O–H groups in total. The number of benzene rings is 3. The molecule has 0 unspecified atom stereocenters. The van der Waals surface area contributed by atoms with Crippen molar-refractivity contribution in [2.24, 2.45) is 0 Å². The molecular formula is C28H26O7. The third-order valence-corrected chi connectivity index (χ3v) is 6.32. The van der Waals surface area contributed by atoms with E-state index in [1.165, 1.54) is 7.11 Å². The van der Waals surface area contributed by atoms with Crippen LogP contribution in [-0.4, -0.2) is 49.8 Å². The predicted octanol–water partition coefficient (Wildman–Crippen LogP) is 4.39. The summed E-state index contributed by atoms with van der Waals surface area (Å²) in [7, 11) is 1.46. The zero-order valence-corrected chi connectivity index (χ0v) is 19.5. The highest BCUT2D eigenvalue weighted by atomic mass is 16.7. The van der Waals surface area contributed by atoms with Crippen LogP contribution in [0.25, 0.3) is 11.1 Å². The number of rotatable bonds is 4. The summed E-state index contributed by atoms with van der Waals surface area (Å²) < 4.78 is 29.6. The fourth-order valence-electron chi connectivity index (χ4n) is 4.58. The standard InChI is InChI=1S/C28H26O7/c1-17-23(32-16-18-10-4-3-5-11-18)24-25(28(31-2)33-17)35-27(30)22-15-9-7-13-20(22)19-12-6-8-14-21(19)26(29)34-24/h3-15,17,23-25,28H,16H2,1-2H3/t17-,23-,24+,25+,28+/m0/s1. The van der Waals surface area contributed by atoms with Crippen molar-refractivity contribution in [3.05, 3.63) is 95.6 Å². The number of carbonyl (C=O) groups is 2. The van der Waals surface area contributed by atoms with E-state index in [4.69, 9.17) is 23.7 Å². The number of hydrogen-bond donors (Lipinski definition) is 0. The van der Waals surface area contributed by atoms with Crippen molar-refractivity contribution < 1.29 is 33.3 Å². The summed E-state index contributed by atoms with van der Waals surface area (Å²) >= 11 is 0. The molecule has 180 valence electrons. The van der Waals surface area contributed by atoms with Gasteiger partial charge >= 0.3 is 11.9 Å². The topological polar surface area (TPSA) is 80.3 Å². The van der Waals surface area contributed by atoms with Crippen LogP contribution in [0.2, 0.25) is 0 Å². The number of carbonyl (C=O) groups excluding carboxylic acids is 2. The van der Waals surface area contributed by atoms with Gasteiger partial charge < -0.3 is 23.7 Å². The number of fused-ring (bicyclic) bond motifs is 4. The largest absolute Gasteiger partial charge is 0.452 e. The Morgan fingerprint density at radius 1 is 0.714 bits per heavy atom. The highest BCUT2D eigenvalue weighted by molar-refractivity contribution is 6.03. The smallest absolute Gasteiger partial charge is 0.339 e. The zero-order chi connectivity index (χ0) is 24.4. The average molecular weight is 475 g/mol. The first-order valence-corrected chi connectivity index (χ1v) is 11.5. The van der Waals surface area contributed by atoms with E-state index in [0.717, 1.165) is 5.56 Å². The Labute approximate surface area is 203 Å². The first kappa shape index (κ1) is 23.2. The van der Waals surface area contributed by atoms with Gasteiger partial charge in [-0.1, -0.05) is 66.7 Å². The Bertz CT molecular complexity index is 1210. The molecule has 1 saturated heterocycles. The summed E-state index contributed by atoms with van der Waals surface area (Å²) in [4.78, 5) is 26.9. The van der Waals surface area contributed by atoms with E-state index in [1.54, 1.807) is 42.5 Å². The first-order chi connectivity index (χ1) is 17.1. The molecule has 0 aromatic heterocycles. The molecule has 0 amide bonds. The third kappa shape index (κ3) is 4.58. The van der Waals surface area contributed by atoms with Crippen molar-refractivity contribution in [3.63, 3.8) is 0 Å². The van der Waals surface area contributed by atoms with Crippen LogP contribution in [0.1, 0.15) is 33.2 Å². The Balaban J connectivity index is 1.56. The minimum atomic E-state index is -1.04. The maximum absolute atomic E-state index is 13.5. The van der Waals surface area contributed by atoms with Gasteiger partial charge in [0.1, 0.15) is 6.10 Å². The molecule has 0 aliphatic carbocycles. The molecule has 0 radical (unpaired) electrons. The lowest BCUT2D eigenvalue weighted by Crippen LogP contribution is -2.60. The summed E-state index contributed by atoms with van der Waals surface area (Å²) in [5, 5.41) is 0. The molecule has 3 aromatic carbocycles. The Morgan fingerprint density at radius 2 is 1.23 bits per heavy atom. The van der Waals surface area contributed by atoms with Gasteiger partial charge in [0.05, 0.1) is 23.8 Å². The quantitative estimate of drug-likeness (QED) is 0.519. The molecule has 5 atom stereocenters. The summed E-state index contributed by atoms with van der Waals surface area (Å²) in [5.41, 5.74) is 2.81. The normalized spacial score (nSPS) is 25.9. The van der Waals surface area contributed by atoms with Crippen LogP contribution in [-0.2, 0) is 30.3 Å². The molecule has 0 spiro atoms. The van der Waals surface area contributed by atoms with Crippen molar-refractivity contribution in [3.8, 4) is 11.1 Å². The molecule has 0 saturated carbocycles. The van der Waals surface area contributed by atoms with Crippen LogP contribution in [0.3, 0.4) is 0 Å². The van der Waals surface area contributed by atoms with E-state index in [1.807, 2.05) is 43.3 Å².